The molecule has 8 heteroatoms. The molecule has 1 fully saturated rings. The van der Waals surface area contributed by atoms with Crippen LogP contribution in [0, 0.1) is 11.3 Å². The fraction of sp³-hybridized carbons (Fsp3) is 0.474. The maximum absolute atomic E-state index is 13.1. The van der Waals surface area contributed by atoms with Crippen LogP contribution in [0.4, 0.5) is 18.9 Å². The normalized spacial score (nSPS) is 21.5. The molecule has 1 amide bonds. The Morgan fingerprint density at radius 1 is 1.30 bits per heavy atom. The van der Waals surface area contributed by atoms with Crippen LogP contribution in [-0.4, -0.2) is 16.2 Å². The minimum atomic E-state index is -4.53. The average Bonchev–Trinajstić information content (AvgIpc) is 3.16. The quantitative estimate of drug-likeness (QED) is 0.700. The van der Waals surface area contributed by atoms with Gasteiger partial charge in [-0.2, -0.15) is 18.4 Å². The summed E-state index contributed by atoms with van der Waals surface area (Å²) in [6.45, 7) is 5.87. The lowest BCUT2D eigenvalue weighted by atomic mass is 10.1. The Morgan fingerprint density at radius 3 is 2.52 bits per heavy atom. The van der Waals surface area contributed by atoms with Crippen molar-refractivity contribution in [3.63, 3.8) is 0 Å². The Morgan fingerprint density at radius 2 is 2.00 bits per heavy atom. The number of nitrogens with zero attached hydrogens (tertiary/aromatic N) is 1. The fourth-order valence-electron chi connectivity index (χ4n) is 3.18. The molecule has 1 unspecified atom stereocenters. The van der Waals surface area contributed by atoms with Crippen molar-refractivity contribution in [2.75, 3.05) is 4.72 Å². The van der Waals surface area contributed by atoms with E-state index in [4.69, 9.17) is 5.26 Å². The number of benzene rings is 1. The molecule has 1 aromatic rings. The van der Waals surface area contributed by atoms with Crippen LogP contribution in [0.1, 0.15) is 56.0 Å². The van der Waals surface area contributed by atoms with Gasteiger partial charge in [-0.3, -0.25) is 4.79 Å². The summed E-state index contributed by atoms with van der Waals surface area (Å²) in [5.41, 5.74) is 0.455. The van der Waals surface area contributed by atoms with Crippen LogP contribution in [0.3, 0.4) is 0 Å². The SMILES string of the molecule is CC(C)(C)SNc1ccc(C(F)(F)F)cc1C(=O)NC12CCC(C#N)=C1C2. The van der Waals surface area contributed by atoms with E-state index in [1.165, 1.54) is 18.0 Å². The molecule has 0 aromatic heterocycles. The predicted molar refractivity (Wildman–Crippen MR) is 99.1 cm³/mol. The van der Waals surface area contributed by atoms with Gasteiger partial charge in [-0.15, -0.1) is 0 Å². The van der Waals surface area contributed by atoms with Crippen LogP contribution in [0.25, 0.3) is 0 Å². The van der Waals surface area contributed by atoms with Gasteiger partial charge in [0.15, 0.2) is 0 Å². The summed E-state index contributed by atoms with van der Waals surface area (Å²) in [6, 6.07) is 5.26. The van der Waals surface area contributed by atoms with Crippen molar-refractivity contribution < 1.29 is 18.0 Å². The summed E-state index contributed by atoms with van der Waals surface area (Å²) in [7, 11) is 0. The highest BCUT2D eigenvalue weighted by molar-refractivity contribution is 8.01. The summed E-state index contributed by atoms with van der Waals surface area (Å²) in [6.07, 6.45) is -2.72. The second-order valence-electron chi connectivity index (χ2n) is 7.86. The lowest BCUT2D eigenvalue weighted by Gasteiger charge is -2.21. The van der Waals surface area contributed by atoms with E-state index in [1.807, 2.05) is 20.8 Å². The number of nitriles is 1. The Bertz CT molecular complexity index is 864. The van der Waals surface area contributed by atoms with Crippen LogP contribution >= 0.6 is 11.9 Å². The highest BCUT2D eigenvalue weighted by Crippen LogP contribution is 2.54. The first-order valence-corrected chi connectivity index (χ1v) is 9.37. The molecule has 0 radical (unpaired) electrons. The highest BCUT2D eigenvalue weighted by atomic mass is 32.2. The standard InChI is InChI=1S/C19H20F3N3OS/c1-17(2,3)27-25-15-5-4-12(19(20,21)22)8-13(15)16(26)24-18-7-6-11(10-23)14(18)9-18/h4-5,8,25H,6-7,9H2,1-3H3,(H,24,26). The average molecular weight is 395 g/mol. The molecule has 1 saturated carbocycles. The van der Waals surface area contributed by atoms with Gasteiger partial charge in [0.05, 0.1) is 28.4 Å². The first-order valence-electron chi connectivity index (χ1n) is 8.56. The summed E-state index contributed by atoms with van der Waals surface area (Å²) >= 11 is 1.32. The minimum absolute atomic E-state index is 0.0485. The van der Waals surface area contributed by atoms with E-state index in [9.17, 15) is 18.0 Å². The van der Waals surface area contributed by atoms with Gasteiger partial charge < -0.3 is 10.0 Å². The summed E-state index contributed by atoms with van der Waals surface area (Å²) in [5, 5.41) is 11.9. The Hall–Kier alpha value is -2.14. The zero-order chi connectivity index (χ0) is 20.0. The van der Waals surface area contributed by atoms with E-state index in [0.29, 0.717) is 30.5 Å². The number of carbonyl (C=O) groups is 1. The molecule has 0 saturated heterocycles. The molecular weight excluding hydrogens is 375 g/mol. The van der Waals surface area contributed by atoms with Gasteiger partial charge in [-0.25, -0.2) is 0 Å². The van der Waals surface area contributed by atoms with Crippen LogP contribution in [0.5, 0.6) is 0 Å². The second kappa shape index (κ2) is 6.48. The van der Waals surface area contributed by atoms with Crippen molar-refractivity contribution in [1.29, 1.82) is 5.26 Å². The number of anilines is 1. The predicted octanol–water partition coefficient (Wildman–Crippen LogP) is 5.05. The molecule has 144 valence electrons. The van der Waals surface area contributed by atoms with Gasteiger partial charge in [-0.1, -0.05) is 0 Å². The molecule has 0 heterocycles. The first-order chi connectivity index (χ1) is 12.5. The summed E-state index contributed by atoms with van der Waals surface area (Å²) < 4.78 is 42.2. The van der Waals surface area contributed by atoms with E-state index < -0.39 is 23.2 Å². The van der Waals surface area contributed by atoms with Crippen molar-refractivity contribution in [3.8, 4) is 6.07 Å². The number of amides is 1. The monoisotopic (exact) mass is 395 g/mol. The minimum Gasteiger partial charge on any atom is -0.342 e. The zero-order valence-corrected chi connectivity index (χ0v) is 16.1. The molecule has 3 rings (SSSR count). The van der Waals surface area contributed by atoms with E-state index >= 15 is 0 Å². The third-order valence-corrected chi connectivity index (χ3v) is 5.58. The number of fused-ring (bicyclic) bond motifs is 1. The maximum Gasteiger partial charge on any atom is 0.416 e. The number of alkyl halides is 3. The van der Waals surface area contributed by atoms with Gasteiger partial charge in [0.1, 0.15) is 0 Å². The molecule has 2 aliphatic carbocycles. The van der Waals surface area contributed by atoms with Crippen molar-refractivity contribution >= 4 is 23.5 Å². The molecule has 0 spiro atoms. The molecule has 2 aliphatic rings. The highest BCUT2D eigenvalue weighted by Gasteiger charge is 2.55. The van der Waals surface area contributed by atoms with Crippen LogP contribution < -0.4 is 10.0 Å². The Kier molecular flexibility index (Phi) is 4.71. The van der Waals surface area contributed by atoms with Gasteiger partial charge in [0, 0.05) is 10.3 Å². The van der Waals surface area contributed by atoms with Crippen LogP contribution in [-0.2, 0) is 6.18 Å². The lowest BCUT2D eigenvalue weighted by molar-refractivity contribution is -0.137. The van der Waals surface area contributed by atoms with E-state index in [-0.39, 0.29) is 10.3 Å². The largest absolute Gasteiger partial charge is 0.416 e. The molecule has 1 aromatic carbocycles. The second-order valence-corrected chi connectivity index (χ2v) is 9.49. The van der Waals surface area contributed by atoms with E-state index in [1.54, 1.807) is 0 Å². The molecule has 27 heavy (non-hydrogen) atoms. The van der Waals surface area contributed by atoms with Crippen molar-refractivity contribution in [2.24, 2.45) is 0 Å². The van der Waals surface area contributed by atoms with Crippen molar-refractivity contribution in [3.05, 3.63) is 40.5 Å². The van der Waals surface area contributed by atoms with Gasteiger partial charge in [0.25, 0.3) is 5.91 Å². The third kappa shape index (κ3) is 4.08. The smallest absolute Gasteiger partial charge is 0.342 e. The molecule has 2 N–H and O–H groups in total. The third-order valence-electron chi connectivity index (χ3n) is 4.64. The van der Waals surface area contributed by atoms with E-state index in [0.717, 1.165) is 17.7 Å². The number of hydrogen-bond donors (Lipinski definition) is 2. The number of rotatable bonds is 4. The molecule has 0 bridgehead atoms. The lowest BCUT2D eigenvalue weighted by Crippen LogP contribution is -2.36. The molecule has 0 aliphatic heterocycles. The molecule has 1 atom stereocenters. The van der Waals surface area contributed by atoms with Crippen LogP contribution in [0.2, 0.25) is 0 Å². The van der Waals surface area contributed by atoms with E-state index in [2.05, 4.69) is 16.1 Å². The number of allylic oxidation sites excluding steroid dienone is 1. The Balaban J connectivity index is 1.88. The zero-order valence-electron chi connectivity index (χ0n) is 15.3. The van der Waals surface area contributed by atoms with Gasteiger partial charge in [0.2, 0.25) is 0 Å². The summed E-state index contributed by atoms with van der Waals surface area (Å²) in [5.74, 6) is -0.563. The van der Waals surface area contributed by atoms with Gasteiger partial charge >= 0.3 is 6.18 Å². The topological polar surface area (TPSA) is 64.9 Å². The van der Waals surface area contributed by atoms with Crippen molar-refractivity contribution in [1.82, 2.24) is 5.32 Å². The number of carbonyl (C=O) groups excluding carboxylic acids is 1. The molecular formula is C19H20F3N3OS. The maximum atomic E-state index is 13.1. The van der Waals surface area contributed by atoms with Gasteiger partial charge in [-0.05, 0) is 75.8 Å². The fourth-order valence-corrected chi connectivity index (χ4v) is 3.77. The number of hydrogen-bond acceptors (Lipinski definition) is 4. The first kappa shape index (κ1) is 19.6. The van der Waals surface area contributed by atoms with Crippen LogP contribution in [0.15, 0.2) is 29.3 Å². The molecule has 4 nitrogen and oxygen atoms in total. The Labute approximate surface area is 160 Å². The number of halogens is 3. The van der Waals surface area contributed by atoms with Crippen molar-refractivity contribution in [2.45, 2.75) is 56.5 Å². The number of nitrogens with one attached hydrogen (secondary N) is 2. The summed E-state index contributed by atoms with van der Waals surface area (Å²) in [4.78, 5) is 12.8.